The van der Waals surface area contributed by atoms with Gasteiger partial charge in [-0.15, -0.1) is 0 Å². The second kappa shape index (κ2) is 13.5. The molecule has 1 atom stereocenters. The van der Waals surface area contributed by atoms with Crippen LogP contribution in [0, 0.1) is 0 Å². The quantitative estimate of drug-likeness (QED) is 0.241. The van der Waals surface area contributed by atoms with Gasteiger partial charge in [0.25, 0.3) is 5.91 Å². The molecule has 1 aromatic heterocycles. The number of nitrogens with zero attached hydrogens (tertiary/aromatic N) is 1. The predicted octanol–water partition coefficient (Wildman–Crippen LogP) is 4.11. The van der Waals surface area contributed by atoms with Crippen molar-refractivity contribution in [3.05, 3.63) is 95.7 Å². The van der Waals surface area contributed by atoms with Gasteiger partial charge in [-0.25, -0.2) is 0 Å². The van der Waals surface area contributed by atoms with Crippen molar-refractivity contribution < 1.29 is 25.6 Å². The van der Waals surface area contributed by atoms with Crippen LogP contribution in [0.4, 0.5) is 0 Å². The minimum absolute atomic E-state index is 0. The molecule has 0 fully saturated rings. The van der Waals surface area contributed by atoms with E-state index in [1.165, 1.54) is 6.92 Å². The molecule has 0 aliphatic heterocycles. The van der Waals surface area contributed by atoms with Crippen molar-refractivity contribution in [3.63, 3.8) is 0 Å². The summed E-state index contributed by atoms with van der Waals surface area (Å²) in [6.07, 6.45) is 2.99. The van der Waals surface area contributed by atoms with E-state index in [0.29, 0.717) is 37.4 Å². The maximum Gasteiger partial charge on any atom is 0.258 e. The molecule has 3 aromatic carbocycles. The topological polar surface area (TPSA) is 104 Å². The van der Waals surface area contributed by atoms with Gasteiger partial charge in [-0.05, 0) is 48.2 Å². The molecule has 2 amide bonds. The Bertz CT molecular complexity index is 1410. The fourth-order valence-corrected chi connectivity index (χ4v) is 4.67. The molecule has 0 saturated carbocycles. The average molecular weight is 532 g/mol. The summed E-state index contributed by atoms with van der Waals surface area (Å²) in [4.78, 5) is 30.7. The van der Waals surface area contributed by atoms with Crippen LogP contribution in [-0.2, 0) is 29.0 Å². The molecule has 0 aliphatic rings. The van der Waals surface area contributed by atoms with E-state index >= 15 is 0 Å². The molecule has 0 saturated heterocycles. The number of rotatable bonds is 13. The number of amides is 2. The number of para-hydroxylation sites is 2. The Morgan fingerprint density at radius 2 is 1.85 bits per heavy atom. The number of benzene rings is 3. The fourth-order valence-electron chi connectivity index (χ4n) is 4.67. The van der Waals surface area contributed by atoms with Crippen molar-refractivity contribution in [2.24, 2.45) is 0 Å². The molecule has 8 nitrogen and oxygen atoms in total. The van der Waals surface area contributed by atoms with Crippen LogP contribution >= 0.6 is 0 Å². The number of methoxy groups -OCH3 is 1. The summed E-state index contributed by atoms with van der Waals surface area (Å²) in [6, 6.07) is 22.6. The van der Waals surface area contributed by atoms with Crippen LogP contribution in [0.3, 0.4) is 0 Å². The maximum absolute atomic E-state index is 13.0. The van der Waals surface area contributed by atoms with Crippen molar-refractivity contribution in [2.75, 3.05) is 26.9 Å². The highest BCUT2D eigenvalue weighted by Gasteiger charge is 2.22. The van der Waals surface area contributed by atoms with E-state index in [1.807, 2.05) is 72.9 Å². The first-order valence-electron chi connectivity index (χ1n) is 13.0. The number of aromatic amines is 1. The zero-order valence-electron chi connectivity index (χ0n) is 22.4. The molecule has 1 unspecified atom stereocenters. The smallest absolute Gasteiger partial charge is 0.258 e. The second-order valence-corrected chi connectivity index (χ2v) is 9.45. The van der Waals surface area contributed by atoms with Crippen molar-refractivity contribution in [2.45, 2.75) is 32.4 Å². The van der Waals surface area contributed by atoms with Gasteiger partial charge in [0.05, 0.1) is 13.2 Å². The highest BCUT2D eigenvalue weighted by Crippen LogP contribution is 2.22. The standard InChI is InChI=1S/C31H35N3O5.H2/c1-22(36)34(19-24-9-3-6-13-30(24)38-2)20-26(17-25-18-32-29-12-5-4-11-28(25)29)33-31(37)21-39-27-10-7-8-23(16-27)14-15-35;/h3-13,16,18,26,32,35H,14-15,17,19-21H2,1-2H3,(H,33,37);1H. The molecule has 0 aliphatic carbocycles. The van der Waals surface area contributed by atoms with Gasteiger partial charge < -0.3 is 29.8 Å². The third-order valence-electron chi connectivity index (χ3n) is 6.62. The van der Waals surface area contributed by atoms with Crippen LogP contribution in [0.2, 0.25) is 0 Å². The molecule has 8 heteroatoms. The molecule has 0 bridgehead atoms. The first kappa shape index (κ1) is 27.7. The van der Waals surface area contributed by atoms with Crippen LogP contribution in [0.15, 0.2) is 79.0 Å². The first-order valence-corrected chi connectivity index (χ1v) is 13.0. The summed E-state index contributed by atoms with van der Waals surface area (Å²) in [7, 11) is 1.61. The number of fused-ring (bicyclic) bond motifs is 1. The van der Waals surface area contributed by atoms with E-state index in [1.54, 1.807) is 18.1 Å². The average Bonchev–Trinajstić information content (AvgIpc) is 3.35. The Hall–Kier alpha value is -4.30. The number of ether oxygens (including phenoxy) is 2. The monoisotopic (exact) mass is 531 g/mol. The number of carbonyl (C=O) groups is 2. The lowest BCUT2D eigenvalue weighted by molar-refractivity contribution is -0.131. The van der Waals surface area contributed by atoms with E-state index in [4.69, 9.17) is 9.47 Å². The van der Waals surface area contributed by atoms with E-state index in [0.717, 1.165) is 27.6 Å². The molecule has 0 radical (unpaired) electrons. The third-order valence-corrected chi connectivity index (χ3v) is 6.62. The number of nitrogens with one attached hydrogen (secondary N) is 2. The Morgan fingerprint density at radius 3 is 2.64 bits per heavy atom. The number of aromatic nitrogens is 1. The number of H-pyrrole nitrogens is 1. The Balaban J connectivity index is 0.00000441. The maximum atomic E-state index is 13.0. The summed E-state index contributed by atoms with van der Waals surface area (Å²) < 4.78 is 11.2. The van der Waals surface area contributed by atoms with E-state index in [-0.39, 0.29) is 32.5 Å². The van der Waals surface area contributed by atoms with Crippen molar-refractivity contribution in [1.82, 2.24) is 15.2 Å². The molecule has 1 heterocycles. The van der Waals surface area contributed by atoms with Gasteiger partial charge in [-0.2, -0.15) is 0 Å². The Morgan fingerprint density at radius 1 is 1.05 bits per heavy atom. The lowest BCUT2D eigenvalue weighted by Crippen LogP contribution is -2.47. The molecular weight excluding hydrogens is 494 g/mol. The first-order chi connectivity index (χ1) is 19.0. The summed E-state index contributed by atoms with van der Waals surface area (Å²) in [5, 5.41) is 13.4. The Kier molecular flexibility index (Phi) is 9.58. The summed E-state index contributed by atoms with van der Waals surface area (Å²) in [5.41, 5.74) is 3.88. The van der Waals surface area contributed by atoms with Crippen LogP contribution < -0.4 is 14.8 Å². The normalized spacial score (nSPS) is 11.7. The molecule has 3 N–H and O–H groups in total. The third kappa shape index (κ3) is 7.61. The Labute approximate surface area is 230 Å². The second-order valence-electron chi connectivity index (χ2n) is 9.45. The zero-order chi connectivity index (χ0) is 27.6. The largest absolute Gasteiger partial charge is 0.496 e. The van der Waals surface area contributed by atoms with Crippen molar-refractivity contribution >= 4 is 22.7 Å². The van der Waals surface area contributed by atoms with E-state index in [9.17, 15) is 14.7 Å². The number of hydrogen-bond donors (Lipinski definition) is 3. The molecule has 206 valence electrons. The molecular formula is C31H37N3O5. The van der Waals surface area contributed by atoms with E-state index in [2.05, 4.69) is 10.3 Å². The molecule has 4 rings (SSSR count). The van der Waals surface area contributed by atoms with Crippen LogP contribution in [0.25, 0.3) is 10.9 Å². The van der Waals surface area contributed by atoms with Gasteiger partial charge in [-0.3, -0.25) is 9.59 Å². The highest BCUT2D eigenvalue weighted by atomic mass is 16.5. The van der Waals surface area contributed by atoms with Crippen LogP contribution in [0.5, 0.6) is 11.5 Å². The summed E-state index contributed by atoms with van der Waals surface area (Å²) in [6.45, 7) is 2.07. The highest BCUT2D eigenvalue weighted by molar-refractivity contribution is 5.83. The van der Waals surface area contributed by atoms with Crippen LogP contribution in [0.1, 0.15) is 25.0 Å². The number of aliphatic hydroxyl groups excluding tert-OH is 1. The lowest BCUT2D eigenvalue weighted by atomic mass is 10.0. The van der Waals surface area contributed by atoms with Gasteiger partial charge in [0.15, 0.2) is 6.61 Å². The minimum Gasteiger partial charge on any atom is -0.496 e. The predicted molar refractivity (Wildman–Crippen MR) is 153 cm³/mol. The number of aliphatic hydroxyl groups is 1. The molecule has 4 aromatic rings. The van der Waals surface area contributed by atoms with Gasteiger partial charge in [0.2, 0.25) is 5.91 Å². The summed E-state index contributed by atoms with van der Waals surface area (Å²) >= 11 is 0. The SMILES string of the molecule is COc1ccccc1CN(CC(Cc1c[nH]c2ccccc12)NC(=O)COc1cccc(CCO)c1)C(C)=O.[HH]. The van der Waals surface area contributed by atoms with Gasteiger partial charge in [0, 0.05) is 50.7 Å². The molecule has 39 heavy (non-hydrogen) atoms. The van der Waals surface area contributed by atoms with Gasteiger partial charge in [-0.1, -0.05) is 48.5 Å². The molecule has 0 spiro atoms. The zero-order valence-corrected chi connectivity index (χ0v) is 22.4. The van der Waals surface area contributed by atoms with E-state index < -0.39 is 0 Å². The van der Waals surface area contributed by atoms with Gasteiger partial charge in [0.1, 0.15) is 11.5 Å². The fraction of sp³-hybridized carbons (Fsp3) is 0.290. The summed E-state index contributed by atoms with van der Waals surface area (Å²) in [5.74, 6) is 0.882. The minimum atomic E-state index is -0.361. The lowest BCUT2D eigenvalue weighted by Gasteiger charge is -2.28. The van der Waals surface area contributed by atoms with Gasteiger partial charge >= 0.3 is 0 Å². The number of hydrogen-bond acceptors (Lipinski definition) is 5. The van der Waals surface area contributed by atoms with Crippen LogP contribution in [-0.4, -0.2) is 59.7 Å². The van der Waals surface area contributed by atoms with Crippen molar-refractivity contribution in [1.29, 1.82) is 0 Å². The van der Waals surface area contributed by atoms with Crippen molar-refractivity contribution in [3.8, 4) is 11.5 Å². The number of carbonyl (C=O) groups excluding carboxylic acids is 2.